The van der Waals surface area contributed by atoms with E-state index in [1.165, 1.54) is 0 Å². The standard InChI is InChI=1S/C15H24ClN3O/c1-5-7-9-19(8-6-2)15(20)12-10-13(16)17-14(11-12)18(3)4/h10-11H,5-9H2,1-4H3. The number of anilines is 1. The molecule has 0 radical (unpaired) electrons. The molecule has 0 aliphatic rings. The number of rotatable bonds is 7. The average molecular weight is 298 g/mol. The highest BCUT2D eigenvalue weighted by Crippen LogP contribution is 2.18. The number of hydrogen-bond acceptors (Lipinski definition) is 3. The number of unbranched alkanes of at least 4 members (excludes halogenated alkanes) is 1. The summed E-state index contributed by atoms with van der Waals surface area (Å²) in [4.78, 5) is 20.5. The summed E-state index contributed by atoms with van der Waals surface area (Å²) < 4.78 is 0. The van der Waals surface area contributed by atoms with Crippen LogP contribution in [0.3, 0.4) is 0 Å². The third-order valence-corrected chi connectivity index (χ3v) is 3.24. The number of amides is 1. The Labute approximate surface area is 126 Å². The summed E-state index contributed by atoms with van der Waals surface area (Å²) in [5.74, 6) is 0.737. The Hall–Kier alpha value is -1.29. The number of hydrogen-bond donors (Lipinski definition) is 0. The zero-order chi connectivity index (χ0) is 15.1. The number of halogens is 1. The highest BCUT2D eigenvalue weighted by atomic mass is 35.5. The lowest BCUT2D eigenvalue weighted by atomic mass is 10.2. The monoisotopic (exact) mass is 297 g/mol. The quantitative estimate of drug-likeness (QED) is 0.723. The number of aromatic nitrogens is 1. The average Bonchev–Trinajstić information content (AvgIpc) is 2.42. The molecule has 1 amide bonds. The van der Waals surface area contributed by atoms with Crippen LogP contribution in [0.4, 0.5) is 5.82 Å². The van der Waals surface area contributed by atoms with E-state index in [2.05, 4.69) is 18.8 Å². The van der Waals surface area contributed by atoms with Gasteiger partial charge in [-0.2, -0.15) is 0 Å². The van der Waals surface area contributed by atoms with Crippen LogP contribution >= 0.6 is 11.6 Å². The second-order valence-electron chi connectivity index (χ2n) is 5.08. The number of pyridine rings is 1. The molecule has 1 aromatic rings. The van der Waals surface area contributed by atoms with Crippen LogP contribution in [0.15, 0.2) is 12.1 Å². The molecule has 0 saturated carbocycles. The van der Waals surface area contributed by atoms with Crippen LogP contribution in [0.1, 0.15) is 43.5 Å². The lowest BCUT2D eigenvalue weighted by Gasteiger charge is -2.22. The first kappa shape index (κ1) is 16.8. The van der Waals surface area contributed by atoms with Crippen molar-refractivity contribution in [2.75, 3.05) is 32.1 Å². The van der Waals surface area contributed by atoms with Gasteiger partial charge in [0.15, 0.2) is 0 Å². The summed E-state index contributed by atoms with van der Waals surface area (Å²) in [5, 5.41) is 0.353. The maximum atomic E-state index is 12.6. The van der Waals surface area contributed by atoms with Gasteiger partial charge in [0.2, 0.25) is 0 Å². The van der Waals surface area contributed by atoms with Gasteiger partial charge in [-0.05, 0) is 25.0 Å². The molecule has 0 unspecified atom stereocenters. The molecule has 0 N–H and O–H groups in total. The molecule has 112 valence electrons. The molecular formula is C15H24ClN3O. The molecule has 1 heterocycles. The third kappa shape index (κ3) is 4.67. The van der Waals surface area contributed by atoms with E-state index in [9.17, 15) is 4.79 Å². The summed E-state index contributed by atoms with van der Waals surface area (Å²) in [7, 11) is 3.77. The molecule has 0 aliphatic heterocycles. The predicted octanol–water partition coefficient (Wildman–Crippen LogP) is 3.45. The van der Waals surface area contributed by atoms with Crippen molar-refractivity contribution in [1.29, 1.82) is 0 Å². The Kier molecular flexibility index (Phi) is 6.79. The fourth-order valence-corrected chi connectivity index (χ4v) is 2.16. The van der Waals surface area contributed by atoms with Gasteiger partial charge in [-0.25, -0.2) is 4.98 Å². The largest absolute Gasteiger partial charge is 0.363 e. The minimum Gasteiger partial charge on any atom is -0.363 e. The van der Waals surface area contributed by atoms with E-state index < -0.39 is 0 Å². The van der Waals surface area contributed by atoms with Crippen LogP contribution in [0.5, 0.6) is 0 Å². The molecule has 0 aromatic carbocycles. The van der Waals surface area contributed by atoms with E-state index in [0.717, 1.165) is 32.4 Å². The fourth-order valence-electron chi connectivity index (χ4n) is 1.95. The topological polar surface area (TPSA) is 36.4 Å². The number of nitrogens with zero attached hydrogens (tertiary/aromatic N) is 3. The Bertz CT molecular complexity index is 449. The van der Waals surface area contributed by atoms with Crippen LogP contribution in [-0.2, 0) is 0 Å². The molecule has 0 bridgehead atoms. The normalized spacial score (nSPS) is 10.4. The lowest BCUT2D eigenvalue weighted by molar-refractivity contribution is 0.0753. The van der Waals surface area contributed by atoms with E-state index in [4.69, 9.17) is 11.6 Å². The second-order valence-corrected chi connectivity index (χ2v) is 5.46. The highest BCUT2D eigenvalue weighted by molar-refractivity contribution is 6.29. The predicted molar refractivity (Wildman–Crippen MR) is 84.7 cm³/mol. The van der Waals surface area contributed by atoms with Gasteiger partial charge in [-0.15, -0.1) is 0 Å². The summed E-state index contributed by atoms with van der Waals surface area (Å²) in [6.07, 6.45) is 3.05. The van der Waals surface area contributed by atoms with Crippen molar-refractivity contribution >= 4 is 23.3 Å². The zero-order valence-corrected chi connectivity index (χ0v) is 13.6. The van der Waals surface area contributed by atoms with Gasteiger partial charge >= 0.3 is 0 Å². The van der Waals surface area contributed by atoms with Gasteiger partial charge in [-0.3, -0.25) is 4.79 Å². The molecule has 0 aliphatic carbocycles. The van der Waals surface area contributed by atoms with Gasteiger partial charge in [0.05, 0.1) is 0 Å². The minimum absolute atomic E-state index is 0.0349. The second kappa shape index (κ2) is 8.10. The summed E-state index contributed by atoms with van der Waals surface area (Å²) in [5.41, 5.74) is 0.609. The van der Waals surface area contributed by atoms with Gasteiger partial charge < -0.3 is 9.80 Å². The summed E-state index contributed by atoms with van der Waals surface area (Å²) >= 11 is 6.02. The Morgan fingerprint density at radius 1 is 1.20 bits per heavy atom. The lowest BCUT2D eigenvalue weighted by Crippen LogP contribution is -2.33. The molecule has 0 atom stereocenters. The summed E-state index contributed by atoms with van der Waals surface area (Å²) in [6, 6.07) is 3.44. The molecule has 1 aromatic heterocycles. The van der Waals surface area contributed by atoms with Crippen molar-refractivity contribution in [2.24, 2.45) is 0 Å². The fraction of sp³-hybridized carbons (Fsp3) is 0.600. The molecule has 1 rings (SSSR count). The molecule has 0 spiro atoms. The van der Waals surface area contributed by atoms with Crippen LogP contribution in [0.2, 0.25) is 5.15 Å². The summed E-state index contributed by atoms with van der Waals surface area (Å²) in [6.45, 7) is 5.77. The Morgan fingerprint density at radius 2 is 1.90 bits per heavy atom. The maximum Gasteiger partial charge on any atom is 0.254 e. The van der Waals surface area contributed by atoms with Gasteiger partial charge in [-0.1, -0.05) is 31.9 Å². The van der Waals surface area contributed by atoms with E-state index in [1.807, 2.05) is 23.9 Å². The van der Waals surface area contributed by atoms with Crippen molar-refractivity contribution in [2.45, 2.75) is 33.1 Å². The molecular weight excluding hydrogens is 274 g/mol. The van der Waals surface area contributed by atoms with Gasteiger partial charge in [0.25, 0.3) is 5.91 Å². The van der Waals surface area contributed by atoms with Crippen molar-refractivity contribution in [3.63, 3.8) is 0 Å². The van der Waals surface area contributed by atoms with Crippen LogP contribution in [0, 0.1) is 0 Å². The first-order valence-electron chi connectivity index (χ1n) is 7.13. The number of carbonyl (C=O) groups is 1. The van der Waals surface area contributed by atoms with E-state index >= 15 is 0 Å². The molecule has 5 heteroatoms. The van der Waals surface area contributed by atoms with Crippen molar-refractivity contribution in [3.05, 3.63) is 22.8 Å². The first-order chi connectivity index (χ1) is 9.49. The van der Waals surface area contributed by atoms with Crippen molar-refractivity contribution < 1.29 is 4.79 Å². The minimum atomic E-state index is 0.0349. The van der Waals surface area contributed by atoms with E-state index in [1.54, 1.807) is 12.1 Å². The van der Waals surface area contributed by atoms with Crippen LogP contribution < -0.4 is 4.90 Å². The van der Waals surface area contributed by atoms with E-state index in [-0.39, 0.29) is 5.91 Å². The smallest absolute Gasteiger partial charge is 0.254 e. The van der Waals surface area contributed by atoms with E-state index in [0.29, 0.717) is 16.5 Å². The molecule has 0 saturated heterocycles. The third-order valence-electron chi connectivity index (χ3n) is 3.05. The number of carbonyl (C=O) groups excluding carboxylic acids is 1. The van der Waals surface area contributed by atoms with Crippen LogP contribution in [0.25, 0.3) is 0 Å². The Morgan fingerprint density at radius 3 is 2.45 bits per heavy atom. The van der Waals surface area contributed by atoms with Gasteiger partial charge in [0, 0.05) is 32.7 Å². The SMILES string of the molecule is CCCCN(CCC)C(=O)c1cc(Cl)nc(N(C)C)c1. The zero-order valence-electron chi connectivity index (χ0n) is 12.8. The van der Waals surface area contributed by atoms with Gasteiger partial charge in [0.1, 0.15) is 11.0 Å². The molecule has 20 heavy (non-hydrogen) atoms. The molecule has 0 fully saturated rings. The molecule has 4 nitrogen and oxygen atoms in total. The van der Waals surface area contributed by atoms with Crippen molar-refractivity contribution in [1.82, 2.24) is 9.88 Å². The Balaban J connectivity index is 2.98. The van der Waals surface area contributed by atoms with Crippen molar-refractivity contribution in [3.8, 4) is 0 Å². The highest BCUT2D eigenvalue weighted by Gasteiger charge is 2.16. The van der Waals surface area contributed by atoms with Crippen LogP contribution in [-0.4, -0.2) is 43.0 Å². The first-order valence-corrected chi connectivity index (χ1v) is 7.51. The maximum absolute atomic E-state index is 12.6.